The van der Waals surface area contributed by atoms with Gasteiger partial charge in [-0.15, -0.1) is 0 Å². The third-order valence-corrected chi connectivity index (χ3v) is 2.49. The Hall–Kier alpha value is -0.610. The maximum Gasteiger partial charge on any atom is 0.220 e. The first-order valence-corrected chi connectivity index (χ1v) is 7.23. The fourth-order valence-electron chi connectivity index (χ4n) is 1.38. The van der Waals surface area contributed by atoms with Crippen LogP contribution in [0.15, 0.2) is 0 Å². The molecule has 0 heterocycles. The largest absolute Gasteiger partial charge is 0.379 e. The van der Waals surface area contributed by atoms with E-state index in [0.717, 1.165) is 13.0 Å². The fourth-order valence-corrected chi connectivity index (χ4v) is 1.38. The number of hydrogen-bond acceptors (Lipinski definition) is 3. The van der Waals surface area contributed by atoms with Gasteiger partial charge in [0.25, 0.3) is 0 Å². The Morgan fingerprint density at radius 3 is 2.37 bits per heavy atom. The van der Waals surface area contributed by atoms with Crippen LogP contribution in [0, 0.1) is 11.3 Å². The van der Waals surface area contributed by atoms with Crippen molar-refractivity contribution in [2.24, 2.45) is 11.3 Å². The van der Waals surface area contributed by atoms with Crippen LogP contribution >= 0.6 is 0 Å². The number of carbonyl (C=O) groups excluding carboxylic acids is 1. The summed E-state index contributed by atoms with van der Waals surface area (Å²) in [7, 11) is 0. The Kier molecular flexibility index (Phi) is 9.88. The van der Waals surface area contributed by atoms with E-state index in [9.17, 15) is 4.79 Å². The molecule has 4 nitrogen and oxygen atoms in total. The van der Waals surface area contributed by atoms with E-state index in [1.807, 2.05) is 0 Å². The molecule has 1 N–H and O–H groups in total. The first-order valence-electron chi connectivity index (χ1n) is 7.23. The lowest BCUT2D eigenvalue weighted by Crippen LogP contribution is -2.28. The average Bonchev–Trinajstić information content (AvgIpc) is 2.28. The number of hydrogen-bond donors (Lipinski definition) is 1. The fraction of sp³-hybridized carbons (Fsp3) is 0.933. The van der Waals surface area contributed by atoms with Crippen LogP contribution in [0.25, 0.3) is 0 Å². The van der Waals surface area contributed by atoms with E-state index in [4.69, 9.17) is 9.47 Å². The number of ether oxygens (including phenoxy) is 2. The molecule has 116 valence electrons. The quantitative estimate of drug-likeness (QED) is 0.624. The zero-order valence-electron chi connectivity index (χ0n) is 13.3. The van der Waals surface area contributed by atoms with Gasteiger partial charge in [-0.2, -0.15) is 0 Å². The molecule has 0 aliphatic heterocycles. The van der Waals surface area contributed by atoms with Crippen molar-refractivity contribution < 1.29 is 15.7 Å². The summed E-state index contributed by atoms with van der Waals surface area (Å²) in [6, 6.07) is 0. The summed E-state index contributed by atoms with van der Waals surface area (Å²) in [6.45, 7) is 13.8. The number of carbonyl (C=O) groups is 1. The normalized spacial score (nSPS) is 11.9. The van der Waals surface area contributed by atoms with Crippen LogP contribution in [0.4, 0.5) is 0 Å². The number of rotatable bonds is 10. The molecule has 0 radical (unpaired) electrons. The maximum atomic E-state index is 11.5. The highest BCUT2D eigenvalue weighted by molar-refractivity contribution is 5.75. The van der Waals surface area contributed by atoms with Gasteiger partial charge in [0.15, 0.2) is 0 Å². The zero-order valence-corrected chi connectivity index (χ0v) is 13.3. The predicted molar refractivity (Wildman–Crippen MR) is 80.3 cm³/mol. The van der Waals surface area contributed by atoms with Gasteiger partial charge in [-0.05, 0) is 17.8 Å². The maximum absolute atomic E-state index is 11.5. The Bertz CT molecular complexity index is 240. The first kappa shape index (κ1) is 18.4. The molecule has 19 heavy (non-hydrogen) atoms. The molecule has 0 bridgehead atoms. The summed E-state index contributed by atoms with van der Waals surface area (Å²) < 4.78 is 10.8. The third-order valence-electron chi connectivity index (χ3n) is 2.49. The summed E-state index contributed by atoms with van der Waals surface area (Å²) in [5.41, 5.74) is 0.210. The van der Waals surface area contributed by atoms with Crippen molar-refractivity contribution in [2.45, 2.75) is 47.5 Å². The second-order valence-electron chi connectivity index (χ2n) is 6.49. The first-order chi connectivity index (χ1) is 8.81. The van der Waals surface area contributed by atoms with Crippen molar-refractivity contribution in [2.75, 3.05) is 33.0 Å². The molecule has 0 saturated heterocycles. The van der Waals surface area contributed by atoms with Crippen LogP contribution in [-0.2, 0) is 14.3 Å². The minimum atomic E-state index is 0. The monoisotopic (exact) mass is 275 g/mol. The molecule has 0 aromatic heterocycles. The van der Waals surface area contributed by atoms with Crippen molar-refractivity contribution in [3.8, 4) is 0 Å². The van der Waals surface area contributed by atoms with Gasteiger partial charge in [-0.1, -0.05) is 34.6 Å². The second-order valence-corrected chi connectivity index (χ2v) is 6.49. The lowest BCUT2D eigenvalue weighted by Gasteiger charge is -2.17. The lowest BCUT2D eigenvalue weighted by atomic mass is 9.90. The molecule has 0 aliphatic carbocycles. The average molecular weight is 275 g/mol. The number of nitrogens with one attached hydrogen (secondary N) is 1. The molecular weight excluding hydrogens is 242 g/mol. The van der Waals surface area contributed by atoms with Gasteiger partial charge < -0.3 is 14.8 Å². The van der Waals surface area contributed by atoms with Crippen LogP contribution in [-0.4, -0.2) is 38.9 Å². The van der Waals surface area contributed by atoms with Gasteiger partial charge in [0.2, 0.25) is 5.91 Å². The third kappa shape index (κ3) is 15.3. The smallest absolute Gasteiger partial charge is 0.220 e. The summed E-state index contributed by atoms with van der Waals surface area (Å²) in [4.78, 5) is 11.5. The van der Waals surface area contributed by atoms with Crippen molar-refractivity contribution in [1.82, 2.24) is 5.32 Å². The molecule has 0 aromatic carbocycles. The van der Waals surface area contributed by atoms with Crippen LogP contribution in [0.5, 0.6) is 0 Å². The predicted octanol–water partition coefficient (Wildman–Crippen LogP) is 2.86. The molecule has 0 atom stereocenters. The van der Waals surface area contributed by atoms with Gasteiger partial charge in [0, 0.05) is 21.0 Å². The van der Waals surface area contributed by atoms with Crippen molar-refractivity contribution >= 4 is 5.91 Å². The van der Waals surface area contributed by atoms with Gasteiger partial charge in [-0.3, -0.25) is 4.79 Å². The van der Waals surface area contributed by atoms with Crippen molar-refractivity contribution in [1.29, 1.82) is 0 Å². The molecule has 1 amide bonds. The van der Waals surface area contributed by atoms with Gasteiger partial charge in [0.1, 0.15) is 0 Å². The second kappa shape index (κ2) is 10.2. The molecule has 0 saturated carbocycles. The standard InChI is InChI=1S/C15H31NO3.H2/c1-13(2)12-19-11-10-18-9-8-16-14(17)6-7-15(3,4)5;/h13H,6-12H2,1-5H3,(H,16,17);1H. The van der Waals surface area contributed by atoms with Gasteiger partial charge in [-0.25, -0.2) is 0 Å². The van der Waals surface area contributed by atoms with E-state index >= 15 is 0 Å². The summed E-state index contributed by atoms with van der Waals surface area (Å²) in [5, 5.41) is 2.86. The van der Waals surface area contributed by atoms with Crippen LogP contribution in [0.2, 0.25) is 0 Å². The van der Waals surface area contributed by atoms with E-state index in [1.165, 1.54) is 0 Å². The van der Waals surface area contributed by atoms with Crippen molar-refractivity contribution in [3.05, 3.63) is 0 Å². The van der Waals surface area contributed by atoms with Crippen LogP contribution in [0.3, 0.4) is 0 Å². The Labute approximate surface area is 119 Å². The zero-order chi connectivity index (χ0) is 14.7. The Morgan fingerprint density at radius 1 is 1.16 bits per heavy atom. The van der Waals surface area contributed by atoms with Crippen molar-refractivity contribution in [3.63, 3.8) is 0 Å². The van der Waals surface area contributed by atoms with E-state index in [0.29, 0.717) is 38.7 Å². The summed E-state index contributed by atoms with van der Waals surface area (Å²) in [5.74, 6) is 0.664. The summed E-state index contributed by atoms with van der Waals surface area (Å²) >= 11 is 0. The summed E-state index contributed by atoms with van der Waals surface area (Å²) in [6.07, 6.45) is 1.49. The Morgan fingerprint density at radius 2 is 1.79 bits per heavy atom. The molecule has 0 aliphatic rings. The molecule has 0 unspecified atom stereocenters. The van der Waals surface area contributed by atoms with E-state index in [2.05, 4.69) is 39.9 Å². The molecule has 0 rings (SSSR count). The van der Waals surface area contributed by atoms with Gasteiger partial charge in [0.05, 0.1) is 19.8 Å². The van der Waals surface area contributed by atoms with E-state index in [-0.39, 0.29) is 12.7 Å². The number of amides is 1. The highest BCUT2D eigenvalue weighted by Gasteiger charge is 2.12. The minimum Gasteiger partial charge on any atom is -0.379 e. The molecular formula is C15H33NO3. The highest BCUT2D eigenvalue weighted by atomic mass is 16.5. The minimum absolute atomic E-state index is 0. The molecule has 0 spiro atoms. The van der Waals surface area contributed by atoms with Gasteiger partial charge >= 0.3 is 0 Å². The SMILES string of the molecule is CC(C)COCCOCCNC(=O)CCC(C)(C)C.[HH]. The molecule has 4 heteroatoms. The topological polar surface area (TPSA) is 47.6 Å². The van der Waals surface area contributed by atoms with Crippen LogP contribution < -0.4 is 5.32 Å². The van der Waals surface area contributed by atoms with E-state index in [1.54, 1.807) is 0 Å². The highest BCUT2D eigenvalue weighted by Crippen LogP contribution is 2.19. The van der Waals surface area contributed by atoms with Crippen LogP contribution in [0.1, 0.15) is 48.9 Å². The van der Waals surface area contributed by atoms with E-state index < -0.39 is 0 Å². The lowest BCUT2D eigenvalue weighted by molar-refractivity contribution is -0.121. The molecule has 0 aromatic rings. The Balaban J connectivity index is 0. The molecule has 0 fully saturated rings.